The molecule has 2 rings (SSSR count). The highest BCUT2D eigenvalue weighted by atomic mass is 35.5. The first-order chi connectivity index (χ1) is 7.66. The molecule has 5 heteroatoms. The molecule has 1 unspecified atom stereocenters. The Morgan fingerprint density at radius 1 is 1.56 bits per heavy atom. The summed E-state index contributed by atoms with van der Waals surface area (Å²) in [5.41, 5.74) is 6.39. The Kier molecular flexibility index (Phi) is 3.31. The molecule has 1 aromatic carbocycles. The van der Waals surface area contributed by atoms with E-state index in [0.717, 1.165) is 18.7 Å². The Morgan fingerprint density at radius 2 is 2.38 bits per heavy atom. The van der Waals surface area contributed by atoms with Gasteiger partial charge in [-0.2, -0.15) is 0 Å². The Labute approximate surface area is 98.7 Å². The maximum absolute atomic E-state index is 11.0. The van der Waals surface area contributed by atoms with E-state index in [9.17, 15) is 4.79 Å². The smallest absolute Gasteiger partial charge is 0.248 e. The molecule has 1 aliphatic heterocycles. The van der Waals surface area contributed by atoms with Crippen molar-refractivity contribution in [3.05, 3.63) is 28.8 Å². The van der Waals surface area contributed by atoms with Crippen LogP contribution in [0, 0.1) is 0 Å². The second-order valence-electron chi connectivity index (χ2n) is 3.76. The highest BCUT2D eigenvalue weighted by Crippen LogP contribution is 2.25. The van der Waals surface area contributed by atoms with Gasteiger partial charge in [0, 0.05) is 12.2 Å². The third kappa shape index (κ3) is 2.46. The van der Waals surface area contributed by atoms with E-state index in [1.807, 2.05) is 0 Å². The Bertz CT molecular complexity index is 403. The lowest BCUT2D eigenvalue weighted by Crippen LogP contribution is -2.20. The van der Waals surface area contributed by atoms with E-state index in [1.54, 1.807) is 18.2 Å². The van der Waals surface area contributed by atoms with E-state index in [-0.39, 0.29) is 6.04 Å². The zero-order chi connectivity index (χ0) is 11.5. The van der Waals surface area contributed by atoms with Gasteiger partial charge < -0.3 is 15.8 Å². The molecule has 86 valence electrons. The van der Waals surface area contributed by atoms with Gasteiger partial charge in [0.05, 0.1) is 23.4 Å². The van der Waals surface area contributed by atoms with Crippen LogP contribution >= 0.6 is 11.6 Å². The molecule has 1 atom stereocenters. The first kappa shape index (κ1) is 11.2. The van der Waals surface area contributed by atoms with Crippen molar-refractivity contribution in [1.29, 1.82) is 0 Å². The minimum atomic E-state index is -0.456. The molecular formula is C11H13ClN2O2. The number of halogens is 1. The molecule has 1 heterocycles. The molecule has 1 saturated heterocycles. The van der Waals surface area contributed by atoms with E-state index in [4.69, 9.17) is 22.1 Å². The number of amides is 1. The minimum Gasteiger partial charge on any atom is -0.379 e. The molecule has 1 amide bonds. The lowest BCUT2D eigenvalue weighted by Gasteiger charge is -2.14. The van der Waals surface area contributed by atoms with Gasteiger partial charge in [-0.15, -0.1) is 0 Å². The summed E-state index contributed by atoms with van der Waals surface area (Å²) >= 11 is 6.02. The van der Waals surface area contributed by atoms with Crippen molar-refractivity contribution in [2.45, 2.75) is 12.5 Å². The molecule has 1 aromatic rings. The number of nitrogens with two attached hydrogens (primary N) is 1. The summed E-state index contributed by atoms with van der Waals surface area (Å²) in [5, 5.41) is 3.82. The molecule has 0 spiro atoms. The molecule has 0 aromatic heterocycles. The molecule has 1 fully saturated rings. The molecule has 0 saturated carbocycles. The number of carbonyl (C=O) groups excluding carboxylic acids is 1. The predicted molar refractivity (Wildman–Crippen MR) is 62.8 cm³/mol. The fourth-order valence-corrected chi connectivity index (χ4v) is 1.83. The van der Waals surface area contributed by atoms with Crippen LogP contribution in [-0.2, 0) is 4.74 Å². The average Bonchev–Trinajstić information content (AvgIpc) is 2.73. The summed E-state index contributed by atoms with van der Waals surface area (Å²) in [4.78, 5) is 11.0. The highest BCUT2D eigenvalue weighted by Gasteiger charge is 2.16. The molecule has 4 nitrogen and oxygen atoms in total. The van der Waals surface area contributed by atoms with Crippen LogP contribution in [0.5, 0.6) is 0 Å². The lowest BCUT2D eigenvalue weighted by molar-refractivity contribution is 0.100. The van der Waals surface area contributed by atoms with Gasteiger partial charge in [-0.3, -0.25) is 4.79 Å². The monoisotopic (exact) mass is 240 g/mol. The van der Waals surface area contributed by atoms with Crippen molar-refractivity contribution in [2.75, 3.05) is 18.5 Å². The number of hydrogen-bond donors (Lipinski definition) is 2. The van der Waals surface area contributed by atoms with Crippen molar-refractivity contribution in [3.63, 3.8) is 0 Å². The van der Waals surface area contributed by atoms with Gasteiger partial charge in [-0.05, 0) is 24.6 Å². The van der Waals surface area contributed by atoms with E-state index < -0.39 is 5.91 Å². The largest absolute Gasteiger partial charge is 0.379 e. The Morgan fingerprint density at radius 3 is 3.00 bits per heavy atom. The van der Waals surface area contributed by atoms with Crippen molar-refractivity contribution < 1.29 is 9.53 Å². The summed E-state index contributed by atoms with van der Waals surface area (Å²) < 4.78 is 5.25. The van der Waals surface area contributed by atoms with Gasteiger partial charge >= 0.3 is 0 Å². The number of benzene rings is 1. The van der Waals surface area contributed by atoms with Crippen LogP contribution in [0.3, 0.4) is 0 Å². The summed E-state index contributed by atoms with van der Waals surface area (Å²) in [6.45, 7) is 1.42. The van der Waals surface area contributed by atoms with Gasteiger partial charge in [0.25, 0.3) is 0 Å². The maximum Gasteiger partial charge on any atom is 0.248 e. The third-order valence-corrected chi connectivity index (χ3v) is 2.87. The fraction of sp³-hybridized carbons (Fsp3) is 0.364. The van der Waals surface area contributed by atoms with Crippen LogP contribution in [0.25, 0.3) is 0 Å². The van der Waals surface area contributed by atoms with Crippen molar-refractivity contribution in [1.82, 2.24) is 0 Å². The summed E-state index contributed by atoms with van der Waals surface area (Å²) in [6.07, 6.45) is 0.942. The molecule has 1 aliphatic rings. The minimum absolute atomic E-state index is 0.251. The van der Waals surface area contributed by atoms with Crippen LogP contribution in [0.1, 0.15) is 16.8 Å². The molecule has 0 bridgehead atoms. The number of hydrogen-bond acceptors (Lipinski definition) is 3. The topological polar surface area (TPSA) is 64.4 Å². The standard InChI is InChI=1S/C11H13ClN2O2/c12-9-2-1-7(11(13)15)5-10(9)14-8-3-4-16-6-8/h1-2,5,8,14H,3-4,6H2,(H2,13,15). The van der Waals surface area contributed by atoms with Crippen LogP contribution in [0.15, 0.2) is 18.2 Å². The molecular weight excluding hydrogens is 228 g/mol. The van der Waals surface area contributed by atoms with Crippen LogP contribution in [0.2, 0.25) is 5.02 Å². The van der Waals surface area contributed by atoms with Gasteiger partial charge in [0.2, 0.25) is 5.91 Å². The fourth-order valence-electron chi connectivity index (χ4n) is 1.66. The molecule has 0 aliphatic carbocycles. The van der Waals surface area contributed by atoms with Gasteiger partial charge in [-0.1, -0.05) is 11.6 Å². The summed E-state index contributed by atoms with van der Waals surface area (Å²) in [6, 6.07) is 5.20. The Hall–Kier alpha value is -1.26. The molecule has 0 radical (unpaired) electrons. The number of nitrogens with one attached hydrogen (secondary N) is 1. The number of carbonyl (C=O) groups is 1. The normalized spacial score (nSPS) is 19.7. The highest BCUT2D eigenvalue weighted by molar-refractivity contribution is 6.33. The van der Waals surface area contributed by atoms with Crippen LogP contribution < -0.4 is 11.1 Å². The van der Waals surface area contributed by atoms with Crippen molar-refractivity contribution >= 4 is 23.2 Å². The number of ether oxygens (including phenoxy) is 1. The second-order valence-corrected chi connectivity index (χ2v) is 4.17. The second kappa shape index (κ2) is 4.72. The number of anilines is 1. The first-order valence-electron chi connectivity index (χ1n) is 5.10. The van der Waals surface area contributed by atoms with E-state index >= 15 is 0 Å². The molecule has 3 N–H and O–H groups in total. The number of primary amides is 1. The Balaban J connectivity index is 2.17. The van der Waals surface area contributed by atoms with E-state index in [1.165, 1.54) is 0 Å². The van der Waals surface area contributed by atoms with Crippen LogP contribution in [-0.4, -0.2) is 25.2 Å². The van der Waals surface area contributed by atoms with Crippen LogP contribution in [0.4, 0.5) is 5.69 Å². The van der Waals surface area contributed by atoms with Gasteiger partial charge in [0.15, 0.2) is 0 Å². The van der Waals surface area contributed by atoms with Gasteiger partial charge in [0.1, 0.15) is 0 Å². The third-order valence-electron chi connectivity index (χ3n) is 2.54. The zero-order valence-corrected chi connectivity index (χ0v) is 9.46. The van der Waals surface area contributed by atoms with Gasteiger partial charge in [-0.25, -0.2) is 0 Å². The van der Waals surface area contributed by atoms with Crippen molar-refractivity contribution in [3.8, 4) is 0 Å². The first-order valence-corrected chi connectivity index (χ1v) is 5.48. The average molecular weight is 241 g/mol. The van der Waals surface area contributed by atoms with E-state index in [0.29, 0.717) is 17.2 Å². The summed E-state index contributed by atoms with van der Waals surface area (Å²) in [5.74, 6) is -0.456. The van der Waals surface area contributed by atoms with E-state index in [2.05, 4.69) is 5.32 Å². The SMILES string of the molecule is NC(=O)c1ccc(Cl)c(NC2CCOC2)c1. The quantitative estimate of drug-likeness (QED) is 0.844. The number of rotatable bonds is 3. The van der Waals surface area contributed by atoms with Crippen molar-refractivity contribution in [2.24, 2.45) is 5.73 Å². The zero-order valence-electron chi connectivity index (χ0n) is 8.70. The predicted octanol–water partition coefficient (Wildman–Crippen LogP) is 1.64. The maximum atomic E-state index is 11.0. The lowest BCUT2D eigenvalue weighted by atomic mass is 10.1. The summed E-state index contributed by atoms with van der Waals surface area (Å²) in [7, 11) is 0. The molecule has 16 heavy (non-hydrogen) atoms.